The molecule has 2 aromatic heterocycles. The van der Waals surface area contributed by atoms with Gasteiger partial charge in [0.05, 0.1) is 28.7 Å². The lowest BCUT2D eigenvalue weighted by Gasteiger charge is -2.26. The molecule has 1 saturated heterocycles. The number of benzene rings is 1. The van der Waals surface area contributed by atoms with Gasteiger partial charge in [0.15, 0.2) is 11.5 Å². The monoisotopic (exact) mass is 511 g/mol. The van der Waals surface area contributed by atoms with Crippen LogP contribution in [-0.4, -0.2) is 59.8 Å². The molecule has 10 nitrogen and oxygen atoms in total. The highest BCUT2D eigenvalue weighted by Crippen LogP contribution is 2.23. The molecule has 0 unspecified atom stereocenters. The van der Waals surface area contributed by atoms with Crippen LogP contribution in [0.15, 0.2) is 59.9 Å². The van der Waals surface area contributed by atoms with Gasteiger partial charge in [-0.1, -0.05) is 12.1 Å². The summed E-state index contributed by atoms with van der Waals surface area (Å²) in [4.78, 5) is 25.1. The van der Waals surface area contributed by atoms with E-state index in [2.05, 4.69) is 25.6 Å². The van der Waals surface area contributed by atoms with E-state index in [1.54, 1.807) is 30.5 Å². The molecule has 33 heavy (non-hydrogen) atoms. The fourth-order valence-corrected chi connectivity index (χ4v) is 4.60. The number of rotatable bonds is 5. The van der Waals surface area contributed by atoms with Crippen molar-refractivity contribution in [2.45, 2.75) is 4.90 Å². The summed E-state index contributed by atoms with van der Waals surface area (Å²) in [7, 11) is -3.56. The first-order chi connectivity index (χ1) is 14.9. The van der Waals surface area contributed by atoms with Crippen LogP contribution in [0.1, 0.15) is 10.5 Å². The van der Waals surface area contributed by atoms with Crippen LogP contribution in [0.5, 0.6) is 0 Å². The largest absolute Gasteiger partial charge is 0.382 e. The number of pyridine rings is 1. The van der Waals surface area contributed by atoms with Crippen molar-refractivity contribution in [2.75, 3.05) is 37.2 Å². The molecule has 3 heterocycles. The van der Waals surface area contributed by atoms with Crippen LogP contribution in [0.25, 0.3) is 11.3 Å². The Hall–Kier alpha value is -2.83. The summed E-state index contributed by atoms with van der Waals surface area (Å²) in [5, 5.41) is 5.80. The highest BCUT2D eigenvalue weighted by Gasteiger charge is 2.25. The maximum absolute atomic E-state index is 12.8. The van der Waals surface area contributed by atoms with E-state index in [9.17, 15) is 13.2 Å². The Morgan fingerprint density at radius 2 is 1.76 bits per heavy atom. The minimum Gasteiger partial charge on any atom is -0.382 e. The van der Waals surface area contributed by atoms with Crippen LogP contribution < -0.4 is 16.4 Å². The topological polar surface area (TPSA) is 143 Å². The third kappa shape index (κ3) is 5.95. The number of sulfonamides is 1. The molecule has 1 fully saturated rings. The van der Waals surface area contributed by atoms with Gasteiger partial charge in [0, 0.05) is 37.9 Å². The molecule has 4 rings (SSSR count). The number of piperazine rings is 1. The average molecular weight is 512 g/mol. The van der Waals surface area contributed by atoms with Crippen LogP contribution in [0.2, 0.25) is 0 Å². The second-order valence-corrected chi connectivity index (χ2v) is 8.80. The van der Waals surface area contributed by atoms with Crippen molar-refractivity contribution in [1.82, 2.24) is 24.6 Å². The Morgan fingerprint density at radius 3 is 2.39 bits per heavy atom. The van der Waals surface area contributed by atoms with Crippen molar-refractivity contribution in [1.29, 1.82) is 0 Å². The summed E-state index contributed by atoms with van der Waals surface area (Å²) >= 11 is 0. The van der Waals surface area contributed by atoms with Crippen molar-refractivity contribution in [3.05, 3.63) is 60.7 Å². The number of hydrogen-bond donors (Lipinski definition) is 3. The minimum absolute atomic E-state index is 0. The first-order valence-electron chi connectivity index (χ1n) is 9.60. The number of aromatic nitrogens is 3. The van der Waals surface area contributed by atoms with Gasteiger partial charge in [-0.15, -0.1) is 24.8 Å². The van der Waals surface area contributed by atoms with Gasteiger partial charge < -0.3 is 16.4 Å². The molecule has 1 aromatic carbocycles. The zero-order valence-electron chi connectivity index (χ0n) is 17.3. The Morgan fingerprint density at radius 1 is 1.06 bits per heavy atom. The predicted octanol–water partition coefficient (Wildman–Crippen LogP) is 1.81. The minimum atomic E-state index is -3.56. The van der Waals surface area contributed by atoms with Crippen molar-refractivity contribution in [3.8, 4) is 11.3 Å². The summed E-state index contributed by atoms with van der Waals surface area (Å²) < 4.78 is 27.0. The molecule has 0 bridgehead atoms. The maximum atomic E-state index is 12.8. The van der Waals surface area contributed by atoms with E-state index >= 15 is 0 Å². The maximum Gasteiger partial charge on any atom is 0.278 e. The van der Waals surface area contributed by atoms with Gasteiger partial charge in [0.1, 0.15) is 0 Å². The van der Waals surface area contributed by atoms with E-state index in [1.165, 1.54) is 28.8 Å². The van der Waals surface area contributed by atoms with E-state index in [4.69, 9.17) is 5.73 Å². The second kappa shape index (κ2) is 11.3. The zero-order valence-corrected chi connectivity index (χ0v) is 19.8. The molecule has 0 atom stereocenters. The average Bonchev–Trinajstić information content (AvgIpc) is 2.80. The predicted molar refractivity (Wildman–Crippen MR) is 130 cm³/mol. The van der Waals surface area contributed by atoms with Crippen molar-refractivity contribution < 1.29 is 13.2 Å². The molecule has 1 aliphatic rings. The third-order valence-corrected chi connectivity index (χ3v) is 6.71. The highest BCUT2D eigenvalue weighted by molar-refractivity contribution is 7.89. The number of nitrogens with two attached hydrogens (primary N) is 1. The number of anilines is 2. The van der Waals surface area contributed by atoms with E-state index in [1.807, 2.05) is 0 Å². The molecular weight excluding hydrogens is 489 g/mol. The molecule has 1 amide bonds. The Bertz CT molecular complexity index is 1190. The van der Waals surface area contributed by atoms with E-state index in [0.717, 1.165) is 0 Å². The summed E-state index contributed by atoms with van der Waals surface area (Å²) in [5.74, 6) is -0.527. The van der Waals surface area contributed by atoms with Gasteiger partial charge >= 0.3 is 0 Å². The lowest BCUT2D eigenvalue weighted by atomic mass is 10.1. The standard InChI is InChI=1S/C20H21N7O3S.2ClH/c21-19-18(20(28)25-15-2-1-7-23-12-15)26-17(13-24-19)14-3-5-16(6-4-14)31(29,30)27-10-8-22-9-11-27;;/h1-7,12-13,22H,8-11H2,(H2,21,24)(H,25,28);2*1H. The van der Waals surface area contributed by atoms with E-state index in [0.29, 0.717) is 43.1 Å². The summed E-state index contributed by atoms with van der Waals surface area (Å²) in [6.07, 6.45) is 4.54. The number of nitrogens with zero attached hydrogens (tertiary/aromatic N) is 4. The fraction of sp³-hybridized carbons (Fsp3) is 0.200. The van der Waals surface area contributed by atoms with Crippen LogP contribution in [0.4, 0.5) is 11.5 Å². The van der Waals surface area contributed by atoms with Crippen LogP contribution in [0, 0.1) is 0 Å². The molecular formula is C20H23Cl2N7O3S. The third-order valence-electron chi connectivity index (χ3n) is 4.80. The van der Waals surface area contributed by atoms with Crippen molar-refractivity contribution >= 4 is 52.2 Å². The molecule has 3 aromatic rings. The van der Waals surface area contributed by atoms with Gasteiger partial charge in [-0.2, -0.15) is 4.31 Å². The fourth-order valence-electron chi connectivity index (χ4n) is 3.16. The molecule has 13 heteroatoms. The Balaban J connectivity index is 0.00000193. The molecule has 0 radical (unpaired) electrons. The van der Waals surface area contributed by atoms with Gasteiger partial charge in [-0.05, 0) is 24.3 Å². The zero-order chi connectivity index (χ0) is 21.8. The van der Waals surface area contributed by atoms with E-state index < -0.39 is 15.9 Å². The number of hydrogen-bond acceptors (Lipinski definition) is 8. The second-order valence-electron chi connectivity index (χ2n) is 6.86. The summed E-state index contributed by atoms with van der Waals surface area (Å²) in [6.45, 7) is 2.12. The van der Waals surface area contributed by atoms with Gasteiger partial charge in [0.25, 0.3) is 5.91 Å². The molecule has 0 aliphatic carbocycles. The number of carbonyl (C=O) groups excluding carboxylic acids is 1. The number of halogens is 2. The molecule has 176 valence electrons. The number of nitrogen functional groups attached to an aromatic ring is 1. The quantitative estimate of drug-likeness (QED) is 0.470. The number of amides is 1. The first-order valence-corrected chi connectivity index (χ1v) is 11.0. The smallest absolute Gasteiger partial charge is 0.278 e. The Labute approximate surface area is 203 Å². The molecule has 0 saturated carbocycles. The van der Waals surface area contributed by atoms with Crippen LogP contribution >= 0.6 is 24.8 Å². The number of nitrogens with one attached hydrogen (secondary N) is 2. The normalized spacial score (nSPS) is 13.9. The lowest BCUT2D eigenvalue weighted by Crippen LogP contribution is -2.46. The molecule has 1 aliphatic heterocycles. The summed E-state index contributed by atoms with van der Waals surface area (Å²) in [6, 6.07) is 9.71. The SMILES string of the molecule is Cl.Cl.Nc1ncc(-c2ccc(S(=O)(=O)N3CCNCC3)cc2)nc1C(=O)Nc1cccnc1. The Kier molecular flexibility index (Phi) is 9.08. The molecule has 0 spiro atoms. The summed E-state index contributed by atoms with van der Waals surface area (Å²) in [5.41, 5.74) is 7.33. The highest BCUT2D eigenvalue weighted by atomic mass is 35.5. The van der Waals surface area contributed by atoms with Crippen LogP contribution in [0.3, 0.4) is 0 Å². The van der Waals surface area contributed by atoms with E-state index in [-0.39, 0.29) is 41.2 Å². The first kappa shape index (κ1) is 26.4. The van der Waals surface area contributed by atoms with Crippen molar-refractivity contribution in [3.63, 3.8) is 0 Å². The van der Waals surface area contributed by atoms with Gasteiger partial charge in [-0.3, -0.25) is 9.78 Å². The van der Waals surface area contributed by atoms with Crippen molar-refractivity contribution in [2.24, 2.45) is 0 Å². The van der Waals surface area contributed by atoms with Gasteiger partial charge in [-0.25, -0.2) is 18.4 Å². The lowest BCUT2D eigenvalue weighted by molar-refractivity contribution is 0.102. The van der Waals surface area contributed by atoms with Gasteiger partial charge in [0.2, 0.25) is 10.0 Å². The number of carbonyl (C=O) groups is 1. The molecule has 4 N–H and O–H groups in total. The van der Waals surface area contributed by atoms with Crippen LogP contribution in [-0.2, 0) is 10.0 Å².